The third-order valence-corrected chi connectivity index (χ3v) is 5.06. The van der Waals surface area contributed by atoms with E-state index in [-0.39, 0.29) is 23.8 Å². The van der Waals surface area contributed by atoms with Gasteiger partial charge < -0.3 is 15.3 Å². The van der Waals surface area contributed by atoms with Gasteiger partial charge in [-0.15, -0.1) is 0 Å². The molecule has 5 nitrogen and oxygen atoms in total. The summed E-state index contributed by atoms with van der Waals surface area (Å²) in [5, 5.41) is 12.9. The number of phenolic OH excluding ortho intramolecular Hbond substituents is 1. The van der Waals surface area contributed by atoms with Crippen molar-refractivity contribution >= 4 is 11.8 Å². The van der Waals surface area contributed by atoms with Crippen LogP contribution in [0.4, 0.5) is 0 Å². The molecule has 3 rings (SSSR count). The molecule has 0 saturated heterocycles. The molecule has 5 heteroatoms. The second-order valence-corrected chi connectivity index (χ2v) is 6.92. The van der Waals surface area contributed by atoms with Crippen molar-refractivity contribution in [3.05, 3.63) is 64.7 Å². The van der Waals surface area contributed by atoms with Crippen LogP contribution in [0.15, 0.2) is 42.5 Å². The number of benzene rings is 2. The number of likely N-dealkylation sites (N-methyl/N-ethyl adjacent to an activating group) is 1. The third kappa shape index (κ3) is 4.67. The fourth-order valence-electron chi connectivity index (χ4n) is 3.50. The van der Waals surface area contributed by atoms with Gasteiger partial charge in [-0.1, -0.05) is 30.3 Å². The smallest absolute Gasteiger partial charge is 0.255 e. The summed E-state index contributed by atoms with van der Waals surface area (Å²) in [5.74, 6) is -0.575. The first kappa shape index (κ1) is 19.0. The van der Waals surface area contributed by atoms with Gasteiger partial charge in [0, 0.05) is 13.1 Å². The molecule has 0 fully saturated rings. The molecular weight excluding hydrogens is 340 g/mol. The summed E-state index contributed by atoms with van der Waals surface area (Å²) < 4.78 is 0. The number of fused-ring (bicyclic) bond motifs is 1. The van der Waals surface area contributed by atoms with Crippen LogP contribution in [0.2, 0.25) is 0 Å². The lowest BCUT2D eigenvalue weighted by molar-refractivity contribution is -0.130. The summed E-state index contributed by atoms with van der Waals surface area (Å²) in [6, 6.07) is 13.2. The lowest BCUT2D eigenvalue weighted by atomic mass is 9.90. The monoisotopic (exact) mass is 366 g/mol. The SMILES string of the molecule is CCN(Cc1ccccc1)C(=O)CNC(=O)c1cc2c(cc1O)CCCC2. The largest absolute Gasteiger partial charge is 0.507 e. The molecule has 142 valence electrons. The first-order chi connectivity index (χ1) is 13.1. The van der Waals surface area contributed by atoms with Gasteiger partial charge in [0.1, 0.15) is 5.75 Å². The normalized spacial score (nSPS) is 12.9. The zero-order valence-corrected chi connectivity index (χ0v) is 15.7. The summed E-state index contributed by atoms with van der Waals surface area (Å²) in [7, 11) is 0. The number of rotatable bonds is 6. The van der Waals surface area contributed by atoms with E-state index in [0.29, 0.717) is 13.1 Å². The molecule has 1 aliphatic carbocycles. The lowest BCUT2D eigenvalue weighted by Gasteiger charge is -2.21. The van der Waals surface area contributed by atoms with E-state index in [1.165, 1.54) is 0 Å². The Hall–Kier alpha value is -2.82. The predicted molar refractivity (Wildman–Crippen MR) is 105 cm³/mol. The molecular formula is C22H26N2O3. The lowest BCUT2D eigenvalue weighted by Crippen LogP contribution is -2.39. The Labute approximate surface area is 160 Å². The highest BCUT2D eigenvalue weighted by atomic mass is 16.3. The molecule has 0 bridgehead atoms. The third-order valence-electron chi connectivity index (χ3n) is 5.06. The second-order valence-electron chi connectivity index (χ2n) is 6.92. The number of carbonyl (C=O) groups is 2. The molecule has 0 aliphatic heterocycles. The molecule has 1 aliphatic rings. The van der Waals surface area contributed by atoms with Gasteiger partial charge in [0.25, 0.3) is 5.91 Å². The standard InChI is InChI=1S/C22H26N2O3/c1-2-24(15-16-8-4-3-5-9-16)21(26)14-23-22(27)19-12-17-10-6-7-11-18(17)13-20(19)25/h3-5,8-9,12-13,25H,2,6-7,10-11,14-15H2,1H3,(H,23,27). The van der Waals surface area contributed by atoms with E-state index < -0.39 is 5.91 Å². The van der Waals surface area contributed by atoms with Gasteiger partial charge in [0.2, 0.25) is 5.91 Å². The van der Waals surface area contributed by atoms with E-state index in [4.69, 9.17) is 0 Å². The van der Waals surface area contributed by atoms with Gasteiger partial charge in [-0.05, 0) is 61.4 Å². The first-order valence-corrected chi connectivity index (χ1v) is 9.53. The van der Waals surface area contributed by atoms with Gasteiger partial charge in [-0.3, -0.25) is 9.59 Å². The second kappa shape index (κ2) is 8.71. The van der Waals surface area contributed by atoms with Crippen LogP contribution in [0.1, 0.15) is 46.8 Å². The highest BCUT2D eigenvalue weighted by Crippen LogP contribution is 2.28. The van der Waals surface area contributed by atoms with Crippen LogP contribution in [-0.2, 0) is 24.2 Å². The first-order valence-electron chi connectivity index (χ1n) is 9.53. The quantitative estimate of drug-likeness (QED) is 0.826. The minimum atomic E-state index is -0.412. The average molecular weight is 366 g/mol. The van der Waals surface area contributed by atoms with Crippen LogP contribution < -0.4 is 5.32 Å². The van der Waals surface area contributed by atoms with Crippen molar-refractivity contribution in [3.8, 4) is 5.75 Å². The van der Waals surface area contributed by atoms with Gasteiger partial charge in [-0.2, -0.15) is 0 Å². The van der Waals surface area contributed by atoms with E-state index in [0.717, 1.165) is 42.4 Å². The molecule has 27 heavy (non-hydrogen) atoms. The maximum atomic E-state index is 12.5. The van der Waals surface area contributed by atoms with Crippen LogP contribution in [0.5, 0.6) is 5.75 Å². The number of nitrogens with zero attached hydrogens (tertiary/aromatic N) is 1. The molecule has 0 saturated carbocycles. The summed E-state index contributed by atoms with van der Waals surface area (Å²) in [6.45, 7) is 2.90. The van der Waals surface area contributed by atoms with Crippen molar-refractivity contribution in [2.45, 2.75) is 39.2 Å². The van der Waals surface area contributed by atoms with Crippen LogP contribution >= 0.6 is 0 Å². The fourth-order valence-corrected chi connectivity index (χ4v) is 3.50. The summed E-state index contributed by atoms with van der Waals surface area (Å²) in [5.41, 5.74) is 3.53. The molecule has 2 aromatic rings. The van der Waals surface area contributed by atoms with Crippen molar-refractivity contribution in [3.63, 3.8) is 0 Å². The number of hydrogen-bond acceptors (Lipinski definition) is 3. The molecule has 0 heterocycles. The highest BCUT2D eigenvalue weighted by Gasteiger charge is 2.19. The number of aromatic hydroxyl groups is 1. The van der Waals surface area contributed by atoms with Gasteiger partial charge >= 0.3 is 0 Å². The van der Waals surface area contributed by atoms with Crippen molar-refractivity contribution < 1.29 is 14.7 Å². The summed E-state index contributed by atoms with van der Waals surface area (Å²) in [4.78, 5) is 26.7. The van der Waals surface area contributed by atoms with Crippen LogP contribution in [-0.4, -0.2) is 34.9 Å². The highest BCUT2D eigenvalue weighted by molar-refractivity contribution is 5.99. The zero-order valence-electron chi connectivity index (χ0n) is 15.7. The van der Waals surface area contributed by atoms with Crippen LogP contribution in [0, 0.1) is 0 Å². The summed E-state index contributed by atoms with van der Waals surface area (Å²) >= 11 is 0. The molecule has 2 aromatic carbocycles. The topological polar surface area (TPSA) is 69.6 Å². The van der Waals surface area contributed by atoms with E-state index in [1.54, 1.807) is 17.0 Å². The van der Waals surface area contributed by atoms with Gasteiger partial charge in [0.05, 0.1) is 12.1 Å². The van der Waals surface area contributed by atoms with E-state index in [1.807, 2.05) is 37.3 Å². The van der Waals surface area contributed by atoms with Crippen LogP contribution in [0.25, 0.3) is 0 Å². The fraction of sp³-hybridized carbons (Fsp3) is 0.364. The Morgan fingerprint density at radius 2 is 1.74 bits per heavy atom. The Morgan fingerprint density at radius 1 is 1.07 bits per heavy atom. The van der Waals surface area contributed by atoms with Crippen LogP contribution in [0.3, 0.4) is 0 Å². The maximum Gasteiger partial charge on any atom is 0.255 e. The minimum absolute atomic E-state index is 0.0165. The van der Waals surface area contributed by atoms with Gasteiger partial charge in [0.15, 0.2) is 0 Å². The van der Waals surface area contributed by atoms with Crippen molar-refractivity contribution in [1.82, 2.24) is 10.2 Å². The maximum absolute atomic E-state index is 12.5. The molecule has 0 spiro atoms. The Balaban J connectivity index is 1.62. The number of phenols is 1. The van der Waals surface area contributed by atoms with E-state index in [2.05, 4.69) is 5.32 Å². The number of hydrogen-bond donors (Lipinski definition) is 2. The Kier molecular flexibility index (Phi) is 6.12. The molecule has 0 unspecified atom stereocenters. The Morgan fingerprint density at radius 3 is 2.41 bits per heavy atom. The van der Waals surface area contributed by atoms with E-state index in [9.17, 15) is 14.7 Å². The molecule has 0 atom stereocenters. The average Bonchev–Trinajstić information content (AvgIpc) is 2.70. The number of aryl methyl sites for hydroxylation is 2. The minimum Gasteiger partial charge on any atom is -0.507 e. The molecule has 0 aromatic heterocycles. The van der Waals surface area contributed by atoms with Gasteiger partial charge in [-0.25, -0.2) is 0 Å². The van der Waals surface area contributed by atoms with Crippen molar-refractivity contribution in [1.29, 1.82) is 0 Å². The molecule has 2 N–H and O–H groups in total. The Bertz CT molecular complexity index is 818. The number of carbonyl (C=O) groups excluding carboxylic acids is 2. The van der Waals surface area contributed by atoms with E-state index >= 15 is 0 Å². The predicted octanol–water partition coefficient (Wildman–Crippen LogP) is 3.05. The number of amides is 2. The van der Waals surface area contributed by atoms with Crippen molar-refractivity contribution in [2.24, 2.45) is 0 Å². The molecule has 2 amide bonds. The number of nitrogens with one attached hydrogen (secondary N) is 1. The van der Waals surface area contributed by atoms with Crippen molar-refractivity contribution in [2.75, 3.05) is 13.1 Å². The molecule has 0 radical (unpaired) electrons. The summed E-state index contributed by atoms with van der Waals surface area (Å²) in [6.07, 6.45) is 4.08. The zero-order chi connectivity index (χ0) is 19.2.